The minimum absolute atomic E-state index is 0. The van der Waals surface area contributed by atoms with E-state index >= 15 is 0 Å². The number of rotatable bonds is 0. The monoisotopic (exact) mass is 596 g/mol. The summed E-state index contributed by atoms with van der Waals surface area (Å²) in [6.45, 7) is 0. The second-order valence-corrected chi connectivity index (χ2v) is 7.29. The Morgan fingerprint density at radius 1 is 0.256 bits per heavy atom. The van der Waals surface area contributed by atoms with Crippen molar-refractivity contribution in [3.05, 3.63) is 213 Å². The fourth-order valence-corrected chi connectivity index (χ4v) is 3.09. The van der Waals surface area contributed by atoms with Gasteiger partial charge in [-0.2, -0.15) is 71.4 Å². The van der Waals surface area contributed by atoms with Gasteiger partial charge >= 0.3 is 16.5 Å². The van der Waals surface area contributed by atoms with Gasteiger partial charge in [0.15, 0.2) is 0 Å². The average molecular weight is 598 g/mol. The summed E-state index contributed by atoms with van der Waals surface area (Å²) in [6, 6.07) is 0. The average Bonchev–Trinajstić information content (AvgIpc) is 3.01. The topological polar surface area (TPSA) is 84.6 Å². The predicted octanol–water partition coefficient (Wildman–Crippen LogP) is 3.34. The van der Waals surface area contributed by atoms with Crippen LogP contribution in [0.15, 0.2) is 181 Å². The second kappa shape index (κ2) is 19.1. The maximum Gasteiger partial charge on any atom is 2.00 e. The zero-order valence-corrected chi connectivity index (χ0v) is 23.1. The van der Waals surface area contributed by atoms with Crippen molar-refractivity contribution in [3.8, 4) is 0 Å². The van der Waals surface area contributed by atoms with Crippen LogP contribution in [0, 0.1) is 0 Å². The van der Waals surface area contributed by atoms with Crippen molar-refractivity contribution in [2.24, 2.45) is 0 Å². The van der Waals surface area contributed by atoms with Crippen LogP contribution in [0.2, 0.25) is 0 Å². The van der Waals surface area contributed by atoms with Gasteiger partial charge in [0.2, 0.25) is 0 Å². The van der Waals surface area contributed by atoms with Gasteiger partial charge in [0.25, 0.3) is 0 Å². The standard InChI is InChI=1S/3C10H8N2.2ClH.Ni/c3*1-3-7-11-9(5-1)10-6-2-4-8-12-10;;;/h3*1-8H;2*1H;/q3*-2;;;+2/p-2. The van der Waals surface area contributed by atoms with Crippen LogP contribution in [0.1, 0.15) is 0 Å². The SMILES string of the molecule is C1=C[N-]C(=C2C=CC=C[N-]2)C=C1.C1=C[N-]C(=C2C=CC=C[N-]2)C=C1.C1=C[N-]C(=C2C=CC=C[N-]2)C=C1.[Cl-].[Cl-].[Ni+2]. The molecular formula is C30H24Cl2N6Ni-6. The molecule has 0 bridgehead atoms. The van der Waals surface area contributed by atoms with E-state index in [-0.39, 0.29) is 41.3 Å². The van der Waals surface area contributed by atoms with E-state index < -0.39 is 0 Å². The third-order valence-electron chi connectivity index (χ3n) is 4.78. The molecule has 6 rings (SSSR count). The molecule has 6 nitrogen and oxygen atoms in total. The van der Waals surface area contributed by atoms with Gasteiger partial charge in [-0.15, -0.1) is 0 Å². The quantitative estimate of drug-likeness (QED) is 0.384. The Kier molecular flexibility index (Phi) is 16.2. The fraction of sp³-hybridized carbons (Fsp3) is 0. The van der Waals surface area contributed by atoms with Crippen LogP contribution in [-0.4, -0.2) is 0 Å². The minimum atomic E-state index is 0. The summed E-state index contributed by atoms with van der Waals surface area (Å²) in [5.41, 5.74) is 5.49. The van der Waals surface area contributed by atoms with Gasteiger partial charge in [0, 0.05) is 0 Å². The van der Waals surface area contributed by atoms with Crippen molar-refractivity contribution >= 4 is 0 Å². The predicted molar refractivity (Wildman–Crippen MR) is 151 cm³/mol. The first-order valence-corrected chi connectivity index (χ1v) is 11.4. The van der Waals surface area contributed by atoms with E-state index in [2.05, 4.69) is 31.9 Å². The number of allylic oxidation sites excluding steroid dienone is 18. The maximum absolute atomic E-state index is 4.19. The molecule has 0 saturated heterocycles. The Balaban J connectivity index is 0.000000282. The third kappa shape index (κ3) is 11.1. The van der Waals surface area contributed by atoms with Gasteiger partial charge in [0.1, 0.15) is 0 Å². The van der Waals surface area contributed by atoms with E-state index in [1.165, 1.54) is 0 Å². The summed E-state index contributed by atoms with van der Waals surface area (Å²) >= 11 is 0. The molecule has 0 aliphatic carbocycles. The molecule has 0 N–H and O–H groups in total. The maximum atomic E-state index is 4.19. The molecule has 0 saturated carbocycles. The largest absolute Gasteiger partial charge is 2.00 e. The van der Waals surface area contributed by atoms with Crippen molar-refractivity contribution in [2.45, 2.75) is 0 Å². The molecule has 0 spiro atoms. The molecule has 6 aliphatic heterocycles. The summed E-state index contributed by atoms with van der Waals surface area (Å²) in [7, 11) is 0. The minimum Gasteiger partial charge on any atom is -1.00 e. The van der Waals surface area contributed by atoms with Crippen LogP contribution in [0.4, 0.5) is 0 Å². The molecule has 0 radical (unpaired) electrons. The zero-order chi connectivity index (χ0) is 24.7. The third-order valence-corrected chi connectivity index (χ3v) is 4.78. The molecule has 0 aromatic carbocycles. The van der Waals surface area contributed by atoms with Crippen LogP contribution in [0.5, 0.6) is 0 Å². The van der Waals surface area contributed by atoms with Gasteiger partial charge in [-0.3, -0.25) is 0 Å². The smallest absolute Gasteiger partial charge is 1.00 e. The van der Waals surface area contributed by atoms with Crippen molar-refractivity contribution < 1.29 is 41.3 Å². The number of nitrogens with zero attached hydrogens (tertiary/aromatic N) is 6. The molecule has 0 amide bonds. The Bertz CT molecular complexity index is 1030. The summed E-state index contributed by atoms with van der Waals surface area (Å²) in [5.74, 6) is 0. The summed E-state index contributed by atoms with van der Waals surface area (Å²) < 4.78 is 0. The zero-order valence-electron chi connectivity index (χ0n) is 20.6. The number of hydrogen-bond donors (Lipinski definition) is 0. The van der Waals surface area contributed by atoms with E-state index in [4.69, 9.17) is 0 Å². The second-order valence-electron chi connectivity index (χ2n) is 7.29. The molecule has 0 atom stereocenters. The van der Waals surface area contributed by atoms with E-state index in [1.807, 2.05) is 109 Å². The Morgan fingerprint density at radius 2 is 0.410 bits per heavy atom. The molecule has 9 heteroatoms. The molecule has 0 aromatic rings. The van der Waals surface area contributed by atoms with Crippen molar-refractivity contribution in [1.29, 1.82) is 0 Å². The van der Waals surface area contributed by atoms with Gasteiger partial charge < -0.3 is 56.7 Å². The molecule has 0 aromatic heterocycles. The van der Waals surface area contributed by atoms with Crippen LogP contribution >= 0.6 is 0 Å². The van der Waals surface area contributed by atoms with Gasteiger partial charge in [-0.1, -0.05) is 109 Å². The first-order valence-electron chi connectivity index (χ1n) is 11.4. The van der Waals surface area contributed by atoms with Gasteiger partial charge in [-0.25, -0.2) is 0 Å². The molecule has 0 unspecified atom stereocenters. The molecule has 6 heterocycles. The van der Waals surface area contributed by atoms with Gasteiger partial charge in [0.05, 0.1) is 0 Å². The summed E-state index contributed by atoms with van der Waals surface area (Å²) in [4.78, 5) is 0. The molecule has 39 heavy (non-hydrogen) atoms. The van der Waals surface area contributed by atoms with E-state index in [0.717, 1.165) is 34.2 Å². The molecular weight excluding hydrogens is 574 g/mol. The Labute approximate surface area is 253 Å². The van der Waals surface area contributed by atoms with Crippen LogP contribution < -0.4 is 24.8 Å². The first kappa shape index (κ1) is 33.0. The van der Waals surface area contributed by atoms with Gasteiger partial charge in [-0.05, 0) is 0 Å². The number of halogens is 2. The summed E-state index contributed by atoms with van der Waals surface area (Å²) in [5, 5.41) is 25.1. The van der Waals surface area contributed by atoms with Crippen LogP contribution in [0.3, 0.4) is 0 Å². The Hall–Kier alpha value is -4.03. The van der Waals surface area contributed by atoms with E-state index in [9.17, 15) is 0 Å². The van der Waals surface area contributed by atoms with E-state index in [0.29, 0.717) is 0 Å². The van der Waals surface area contributed by atoms with Crippen molar-refractivity contribution in [3.63, 3.8) is 0 Å². The molecule has 204 valence electrons. The van der Waals surface area contributed by atoms with Crippen LogP contribution in [0.25, 0.3) is 31.9 Å². The fourth-order valence-electron chi connectivity index (χ4n) is 3.09. The Morgan fingerprint density at radius 3 is 0.513 bits per heavy atom. The van der Waals surface area contributed by atoms with E-state index in [1.54, 1.807) is 37.2 Å². The van der Waals surface area contributed by atoms with Crippen LogP contribution in [-0.2, 0) is 16.5 Å². The number of hydrogen-bond acceptors (Lipinski definition) is 0. The molecule has 6 aliphatic rings. The summed E-state index contributed by atoms with van der Waals surface area (Å²) in [6.07, 6.45) is 45.4. The van der Waals surface area contributed by atoms with Crippen molar-refractivity contribution in [1.82, 2.24) is 0 Å². The van der Waals surface area contributed by atoms with Crippen molar-refractivity contribution in [2.75, 3.05) is 0 Å². The first-order chi connectivity index (χ1) is 17.9. The molecule has 0 fully saturated rings. The normalized spacial score (nSPS) is 23.4.